The van der Waals surface area contributed by atoms with Gasteiger partial charge in [0, 0.05) is 39.5 Å². The number of para-hydroxylation sites is 3. The SMILES string of the molecule is CCCCCCC1(CCCCCC)c2cc(N(c3ccccc3)c3ccccc3)ccc2-c2ccc(N(c3ccccc3)c3ccc(F)cc3)cc21. The Morgan fingerprint density at radius 1 is 0.404 bits per heavy atom. The van der Waals surface area contributed by atoms with Gasteiger partial charge in [0.2, 0.25) is 0 Å². The second-order valence-electron chi connectivity index (χ2n) is 14.3. The molecule has 0 fully saturated rings. The standard InChI is InChI=1S/C49H51FN2/c1-3-5-7-18-34-49(35-19-8-6-4-2)47-36-43(51(39-20-12-9-13-21-39)40-22-14-10-15-23-40)30-32-45(47)46-33-31-44(37-48(46)49)52(41-24-16-11-17-25-41)42-28-26-38(50)27-29-42/h9-17,20-33,36-37H,3-8,18-19,34-35H2,1-2H3. The lowest BCUT2D eigenvalue weighted by Crippen LogP contribution is -2.26. The maximum Gasteiger partial charge on any atom is 0.123 e. The van der Waals surface area contributed by atoms with Gasteiger partial charge in [-0.2, -0.15) is 0 Å². The van der Waals surface area contributed by atoms with Crippen molar-refractivity contribution in [1.29, 1.82) is 0 Å². The minimum Gasteiger partial charge on any atom is -0.310 e. The van der Waals surface area contributed by atoms with Crippen LogP contribution in [0.4, 0.5) is 38.5 Å². The summed E-state index contributed by atoms with van der Waals surface area (Å²) in [7, 11) is 0. The van der Waals surface area contributed by atoms with Gasteiger partial charge in [0.05, 0.1) is 0 Å². The first-order valence-corrected chi connectivity index (χ1v) is 19.4. The molecule has 0 unspecified atom stereocenters. The molecule has 0 heterocycles. The number of benzene rings is 6. The molecule has 1 aliphatic rings. The smallest absolute Gasteiger partial charge is 0.123 e. The van der Waals surface area contributed by atoms with Crippen LogP contribution < -0.4 is 9.80 Å². The van der Waals surface area contributed by atoms with E-state index in [4.69, 9.17) is 0 Å². The van der Waals surface area contributed by atoms with E-state index in [2.05, 4.69) is 151 Å². The topological polar surface area (TPSA) is 6.48 Å². The van der Waals surface area contributed by atoms with Crippen LogP contribution in [0.3, 0.4) is 0 Å². The normalized spacial score (nSPS) is 12.7. The van der Waals surface area contributed by atoms with Gasteiger partial charge in [-0.25, -0.2) is 4.39 Å². The van der Waals surface area contributed by atoms with Gasteiger partial charge in [0.25, 0.3) is 0 Å². The molecule has 1 aliphatic carbocycles. The lowest BCUT2D eigenvalue weighted by molar-refractivity contribution is 0.401. The number of anilines is 6. The van der Waals surface area contributed by atoms with Gasteiger partial charge >= 0.3 is 0 Å². The number of halogens is 1. The average Bonchev–Trinajstić information content (AvgIpc) is 3.45. The molecule has 0 spiro atoms. The maximum absolute atomic E-state index is 14.2. The molecule has 52 heavy (non-hydrogen) atoms. The summed E-state index contributed by atoms with van der Waals surface area (Å²) >= 11 is 0. The average molecular weight is 687 g/mol. The van der Waals surface area contributed by atoms with E-state index in [0.717, 1.165) is 41.3 Å². The van der Waals surface area contributed by atoms with Crippen molar-refractivity contribution in [3.63, 3.8) is 0 Å². The Hall–Kier alpha value is -5.15. The van der Waals surface area contributed by atoms with Crippen molar-refractivity contribution < 1.29 is 4.39 Å². The second kappa shape index (κ2) is 16.5. The fourth-order valence-electron chi connectivity index (χ4n) is 8.34. The van der Waals surface area contributed by atoms with Crippen LogP contribution in [-0.2, 0) is 5.41 Å². The highest BCUT2D eigenvalue weighted by atomic mass is 19.1. The second-order valence-corrected chi connectivity index (χ2v) is 14.3. The van der Waals surface area contributed by atoms with Crippen molar-refractivity contribution in [2.24, 2.45) is 0 Å². The summed E-state index contributed by atoms with van der Waals surface area (Å²) in [6.45, 7) is 4.60. The number of nitrogens with zero attached hydrogens (tertiary/aromatic N) is 2. The highest BCUT2D eigenvalue weighted by Crippen LogP contribution is 2.57. The van der Waals surface area contributed by atoms with Gasteiger partial charge in [-0.15, -0.1) is 0 Å². The molecular weight excluding hydrogens is 636 g/mol. The highest BCUT2D eigenvalue weighted by Gasteiger charge is 2.43. The molecule has 0 N–H and O–H groups in total. The lowest BCUT2D eigenvalue weighted by atomic mass is 9.70. The molecule has 6 aromatic rings. The van der Waals surface area contributed by atoms with Crippen molar-refractivity contribution in [2.45, 2.75) is 83.5 Å². The zero-order chi connectivity index (χ0) is 35.8. The van der Waals surface area contributed by atoms with Gasteiger partial charge in [-0.3, -0.25) is 0 Å². The first-order valence-electron chi connectivity index (χ1n) is 19.4. The van der Waals surface area contributed by atoms with E-state index in [0.29, 0.717) is 0 Å². The fourth-order valence-corrected chi connectivity index (χ4v) is 8.34. The molecule has 0 aromatic heterocycles. The summed E-state index contributed by atoms with van der Waals surface area (Å²) in [6.07, 6.45) is 12.0. The number of unbranched alkanes of at least 4 members (excludes halogenated alkanes) is 6. The molecule has 0 aliphatic heterocycles. The third-order valence-electron chi connectivity index (χ3n) is 10.9. The van der Waals surface area contributed by atoms with Crippen LogP contribution in [0.25, 0.3) is 11.1 Å². The predicted molar refractivity (Wildman–Crippen MR) is 219 cm³/mol. The fraction of sp³-hybridized carbons (Fsp3) is 0.265. The van der Waals surface area contributed by atoms with Crippen molar-refractivity contribution in [2.75, 3.05) is 9.80 Å². The largest absolute Gasteiger partial charge is 0.310 e. The zero-order valence-electron chi connectivity index (χ0n) is 30.8. The molecule has 3 heteroatoms. The zero-order valence-corrected chi connectivity index (χ0v) is 30.8. The van der Waals surface area contributed by atoms with Gasteiger partial charge in [0.1, 0.15) is 5.82 Å². The first-order chi connectivity index (χ1) is 25.6. The quantitative estimate of drug-likeness (QED) is 0.0935. The third kappa shape index (κ3) is 7.28. The molecule has 2 nitrogen and oxygen atoms in total. The Labute approximate surface area is 310 Å². The number of fused-ring (bicyclic) bond motifs is 3. The van der Waals surface area contributed by atoms with Crippen LogP contribution in [0.1, 0.15) is 89.2 Å². The van der Waals surface area contributed by atoms with Gasteiger partial charge in [-0.05, 0) is 120 Å². The molecular formula is C49H51FN2. The third-order valence-corrected chi connectivity index (χ3v) is 10.9. The van der Waals surface area contributed by atoms with Crippen molar-refractivity contribution in [3.8, 4) is 11.1 Å². The van der Waals surface area contributed by atoms with Crippen LogP contribution in [0.15, 0.2) is 152 Å². The van der Waals surface area contributed by atoms with Crippen LogP contribution in [0.2, 0.25) is 0 Å². The van der Waals surface area contributed by atoms with E-state index >= 15 is 0 Å². The molecule has 0 saturated heterocycles. The summed E-state index contributed by atoms with van der Waals surface area (Å²) in [5.74, 6) is -0.227. The van der Waals surface area contributed by atoms with Gasteiger partial charge in [-0.1, -0.05) is 132 Å². The highest BCUT2D eigenvalue weighted by molar-refractivity contribution is 5.88. The van der Waals surface area contributed by atoms with E-state index < -0.39 is 0 Å². The van der Waals surface area contributed by atoms with Gasteiger partial charge in [0.15, 0.2) is 0 Å². The van der Waals surface area contributed by atoms with Gasteiger partial charge < -0.3 is 9.80 Å². The van der Waals surface area contributed by atoms with Crippen LogP contribution in [0.5, 0.6) is 0 Å². The molecule has 0 bridgehead atoms. The summed E-state index contributed by atoms with van der Waals surface area (Å²) in [6, 6.07) is 53.2. The summed E-state index contributed by atoms with van der Waals surface area (Å²) in [5.41, 5.74) is 12.1. The Morgan fingerprint density at radius 2 is 0.769 bits per heavy atom. The lowest BCUT2D eigenvalue weighted by Gasteiger charge is -2.35. The molecule has 0 radical (unpaired) electrons. The number of hydrogen-bond donors (Lipinski definition) is 0. The monoisotopic (exact) mass is 686 g/mol. The van der Waals surface area contributed by atoms with E-state index in [1.165, 1.54) is 79.3 Å². The van der Waals surface area contributed by atoms with Crippen molar-refractivity contribution in [1.82, 2.24) is 0 Å². The molecule has 0 atom stereocenters. The van der Waals surface area contributed by atoms with Crippen molar-refractivity contribution in [3.05, 3.63) is 169 Å². The summed E-state index contributed by atoms with van der Waals surface area (Å²) < 4.78 is 14.2. The number of rotatable bonds is 16. The van der Waals surface area contributed by atoms with Crippen LogP contribution in [0, 0.1) is 5.82 Å². The molecule has 0 saturated carbocycles. The number of hydrogen-bond acceptors (Lipinski definition) is 2. The molecule has 0 amide bonds. The molecule has 264 valence electrons. The van der Waals surface area contributed by atoms with Crippen molar-refractivity contribution >= 4 is 34.1 Å². The van der Waals surface area contributed by atoms with Crippen LogP contribution in [-0.4, -0.2) is 0 Å². The minimum absolute atomic E-state index is 0.123. The van der Waals surface area contributed by atoms with E-state index in [9.17, 15) is 4.39 Å². The summed E-state index contributed by atoms with van der Waals surface area (Å²) in [4.78, 5) is 4.68. The maximum atomic E-state index is 14.2. The Kier molecular flexibility index (Phi) is 11.2. The molecule has 6 aromatic carbocycles. The van der Waals surface area contributed by atoms with E-state index in [-0.39, 0.29) is 11.2 Å². The first kappa shape index (κ1) is 35.3. The minimum atomic E-state index is -0.227. The molecule has 7 rings (SSSR count). The Balaban J connectivity index is 1.41. The van der Waals surface area contributed by atoms with E-state index in [1.54, 1.807) is 12.1 Å². The Morgan fingerprint density at radius 3 is 1.15 bits per heavy atom. The predicted octanol–water partition coefficient (Wildman–Crippen LogP) is 15.0. The van der Waals surface area contributed by atoms with E-state index in [1.807, 2.05) is 12.1 Å². The summed E-state index contributed by atoms with van der Waals surface area (Å²) in [5, 5.41) is 0. The van der Waals surface area contributed by atoms with Crippen LogP contribution >= 0.6 is 0 Å². The Bertz CT molecular complexity index is 1970.